The van der Waals surface area contributed by atoms with Crippen LogP contribution >= 0.6 is 0 Å². The van der Waals surface area contributed by atoms with Crippen LogP contribution in [0.2, 0.25) is 0 Å². The molecule has 0 amide bonds. The molecule has 1 rings (SSSR count). The lowest BCUT2D eigenvalue weighted by atomic mass is 10.1. The molecule has 0 aliphatic carbocycles. The van der Waals surface area contributed by atoms with Gasteiger partial charge in [-0.25, -0.2) is 0 Å². The summed E-state index contributed by atoms with van der Waals surface area (Å²) in [5.41, 5.74) is 3.84. The van der Waals surface area contributed by atoms with E-state index in [9.17, 15) is 0 Å². The fraction of sp³-hybridized carbons (Fsp3) is 0.333. The Labute approximate surface area is 80.5 Å². The van der Waals surface area contributed by atoms with E-state index in [0.717, 1.165) is 13.1 Å². The summed E-state index contributed by atoms with van der Waals surface area (Å²) in [7, 11) is 0. The van der Waals surface area contributed by atoms with Gasteiger partial charge >= 0.3 is 0 Å². The molecule has 13 heavy (non-hydrogen) atoms. The van der Waals surface area contributed by atoms with Crippen LogP contribution in [0.1, 0.15) is 23.6 Å². The van der Waals surface area contributed by atoms with Gasteiger partial charge < -0.3 is 5.32 Å². The Morgan fingerprint density at radius 2 is 2.23 bits per heavy atom. The lowest BCUT2D eigenvalue weighted by molar-refractivity contribution is 0.726. The Bertz CT molecular complexity index is 289. The molecule has 0 fully saturated rings. The van der Waals surface area contributed by atoms with E-state index in [2.05, 4.69) is 43.9 Å². The van der Waals surface area contributed by atoms with Crippen molar-refractivity contribution in [2.24, 2.45) is 0 Å². The lowest BCUT2D eigenvalue weighted by Crippen LogP contribution is -2.11. The predicted molar refractivity (Wildman–Crippen MR) is 58.7 cm³/mol. The van der Waals surface area contributed by atoms with Gasteiger partial charge in [0.1, 0.15) is 0 Å². The molecule has 0 aliphatic heterocycles. The minimum atomic E-state index is 0.942. The number of benzene rings is 1. The second kappa shape index (κ2) is 4.83. The van der Waals surface area contributed by atoms with E-state index in [0.29, 0.717) is 0 Å². The minimum absolute atomic E-state index is 0.942. The van der Waals surface area contributed by atoms with Crippen molar-refractivity contribution in [2.75, 3.05) is 6.54 Å². The molecule has 0 heterocycles. The minimum Gasteiger partial charge on any atom is -0.313 e. The van der Waals surface area contributed by atoms with Crippen LogP contribution in [0.5, 0.6) is 0 Å². The molecule has 0 spiro atoms. The second-order valence-electron chi connectivity index (χ2n) is 3.18. The molecule has 0 aliphatic rings. The normalized spacial score (nSPS) is 10.0. The van der Waals surface area contributed by atoms with Crippen LogP contribution in [0.3, 0.4) is 0 Å². The van der Waals surface area contributed by atoms with Crippen molar-refractivity contribution < 1.29 is 0 Å². The van der Waals surface area contributed by atoms with Crippen LogP contribution in [0.15, 0.2) is 24.8 Å². The summed E-state index contributed by atoms with van der Waals surface area (Å²) in [5.74, 6) is 0. The van der Waals surface area contributed by atoms with Gasteiger partial charge in [0.2, 0.25) is 0 Å². The maximum absolute atomic E-state index is 3.79. The Morgan fingerprint density at radius 1 is 1.46 bits per heavy atom. The highest BCUT2D eigenvalue weighted by Crippen LogP contribution is 2.11. The molecule has 1 heteroatoms. The van der Waals surface area contributed by atoms with Crippen molar-refractivity contribution in [3.05, 3.63) is 41.5 Å². The van der Waals surface area contributed by atoms with E-state index in [1.165, 1.54) is 16.7 Å². The average Bonchev–Trinajstić information content (AvgIpc) is 2.16. The number of nitrogens with one attached hydrogen (secondary N) is 1. The zero-order valence-electron chi connectivity index (χ0n) is 8.43. The Balaban J connectivity index is 2.80. The smallest absolute Gasteiger partial charge is 0.0205 e. The van der Waals surface area contributed by atoms with Crippen LogP contribution < -0.4 is 5.32 Å². The van der Waals surface area contributed by atoms with E-state index in [1.807, 2.05) is 6.08 Å². The van der Waals surface area contributed by atoms with E-state index < -0.39 is 0 Å². The van der Waals surface area contributed by atoms with Crippen LogP contribution in [0, 0.1) is 6.92 Å². The molecule has 1 aromatic rings. The number of rotatable bonds is 4. The van der Waals surface area contributed by atoms with E-state index >= 15 is 0 Å². The maximum atomic E-state index is 3.79. The summed E-state index contributed by atoms with van der Waals surface area (Å²) < 4.78 is 0. The molecule has 0 unspecified atom stereocenters. The molecule has 0 bridgehead atoms. The van der Waals surface area contributed by atoms with Gasteiger partial charge in [-0.1, -0.05) is 37.8 Å². The van der Waals surface area contributed by atoms with Gasteiger partial charge in [0.15, 0.2) is 0 Å². The summed E-state index contributed by atoms with van der Waals surface area (Å²) >= 11 is 0. The predicted octanol–water partition coefficient (Wildman–Crippen LogP) is 2.75. The quantitative estimate of drug-likeness (QED) is 0.742. The van der Waals surface area contributed by atoms with Crippen molar-refractivity contribution in [3.63, 3.8) is 0 Å². The molecule has 1 nitrogen and oxygen atoms in total. The van der Waals surface area contributed by atoms with Gasteiger partial charge in [-0.15, -0.1) is 0 Å². The Hall–Kier alpha value is -1.08. The SMILES string of the molecule is C=Cc1cc(CNCC)ccc1C. The van der Waals surface area contributed by atoms with Gasteiger partial charge in [0, 0.05) is 6.54 Å². The van der Waals surface area contributed by atoms with Crippen molar-refractivity contribution in [1.82, 2.24) is 5.32 Å². The molecule has 70 valence electrons. The van der Waals surface area contributed by atoms with Crippen molar-refractivity contribution in [2.45, 2.75) is 20.4 Å². The summed E-state index contributed by atoms with van der Waals surface area (Å²) in [6.07, 6.45) is 1.91. The molecule has 0 atom stereocenters. The summed E-state index contributed by atoms with van der Waals surface area (Å²) in [6.45, 7) is 9.96. The number of aryl methyl sites for hydroxylation is 1. The molecule has 0 saturated carbocycles. The first-order chi connectivity index (χ1) is 6.27. The zero-order chi connectivity index (χ0) is 9.68. The highest BCUT2D eigenvalue weighted by Gasteiger charge is 1.96. The largest absolute Gasteiger partial charge is 0.313 e. The Kier molecular flexibility index (Phi) is 3.71. The van der Waals surface area contributed by atoms with Crippen molar-refractivity contribution in [3.8, 4) is 0 Å². The second-order valence-corrected chi connectivity index (χ2v) is 3.18. The van der Waals surface area contributed by atoms with Crippen LogP contribution in [-0.4, -0.2) is 6.54 Å². The van der Waals surface area contributed by atoms with Crippen molar-refractivity contribution >= 4 is 6.08 Å². The highest BCUT2D eigenvalue weighted by atomic mass is 14.8. The monoisotopic (exact) mass is 175 g/mol. The fourth-order valence-corrected chi connectivity index (χ4v) is 1.29. The standard InChI is InChI=1S/C12H17N/c1-4-12-8-11(9-13-5-2)7-6-10(12)3/h4,6-8,13H,1,5,9H2,2-3H3. The molecule has 1 aromatic carbocycles. The summed E-state index contributed by atoms with van der Waals surface area (Å²) in [5, 5.41) is 3.30. The Morgan fingerprint density at radius 3 is 2.85 bits per heavy atom. The number of hydrogen-bond donors (Lipinski definition) is 1. The van der Waals surface area contributed by atoms with Crippen LogP contribution in [0.4, 0.5) is 0 Å². The molecular weight excluding hydrogens is 158 g/mol. The molecule has 1 N–H and O–H groups in total. The first kappa shape index (κ1) is 10.0. The third kappa shape index (κ3) is 2.71. The topological polar surface area (TPSA) is 12.0 Å². The van der Waals surface area contributed by atoms with Crippen molar-refractivity contribution in [1.29, 1.82) is 0 Å². The zero-order valence-corrected chi connectivity index (χ0v) is 8.43. The van der Waals surface area contributed by atoms with Gasteiger partial charge in [0.25, 0.3) is 0 Å². The molecule has 0 radical (unpaired) electrons. The third-order valence-corrected chi connectivity index (χ3v) is 2.14. The van der Waals surface area contributed by atoms with Gasteiger partial charge in [-0.2, -0.15) is 0 Å². The fourth-order valence-electron chi connectivity index (χ4n) is 1.29. The highest BCUT2D eigenvalue weighted by molar-refractivity contribution is 5.52. The third-order valence-electron chi connectivity index (χ3n) is 2.14. The van der Waals surface area contributed by atoms with E-state index in [4.69, 9.17) is 0 Å². The molecular formula is C12H17N. The van der Waals surface area contributed by atoms with Crippen LogP contribution in [-0.2, 0) is 6.54 Å². The maximum Gasteiger partial charge on any atom is 0.0205 e. The molecule has 0 aromatic heterocycles. The molecule has 0 saturated heterocycles. The van der Waals surface area contributed by atoms with Gasteiger partial charge in [0.05, 0.1) is 0 Å². The van der Waals surface area contributed by atoms with E-state index in [-0.39, 0.29) is 0 Å². The van der Waals surface area contributed by atoms with Crippen LogP contribution in [0.25, 0.3) is 6.08 Å². The average molecular weight is 175 g/mol. The number of hydrogen-bond acceptors (Lipinski definition) is 1. The summed E-state index contributed by atoms with van der Waals surface area (Å²) in [4.78, 5) is 0. The van der Waals surface area contributed by atoms with E-state index in [1.54, 1.807) is 0 Å². The first-order valence-electron chi connectivity index (χ1n) is 4.70. The first-order valence-corrected chi connectivity index (χ1v) is 4.70. The van der Waals surface area contributed by atoms with Gasteiger partial charge in [-0.05, 0) is 30.2 Å². The lowest BCUT2D eigenvalue weighted by Gasteiger charge is -2.05. The van der Waals surface area contributed by atoms with Gasteiger partial charge in [-0.3, -0.25) is 0 Å². The summed E-state index contributed by atoms with van der Waals surface area (Å²) in [6, 6.07) is 6.49.